The largest absolute Gasteiger partial charge is 0.488 e. The molecule has 0 saturated carbocycles. The predicted octanol–water partition coefficient (Wildman–Crippen LogP) is 3.89. The summed E-state index contributed by atoms with van der Waals surface area (Å²) in [6.45, 7) is 1.24. The molecule has 0 saturated heterocycles. The third kappa shape index (κ3) is 4.04. The lowest BCUT2D eigenvalue weighted by Crippen LogP contribution is -2.05. The minimum atomic E-state index is -0.235. The average molecular weight is 324 g/mol. The van der Waals surface area contributed by atoms with Crippen molar-refractivity contribution in [2.24, 2.45) is 0 Å². The van der Waals surface area contributed by atoms with Crippen LogP contribution in [0.3, 0.4) is 0 Å². The van der Waals surface area contributed by atoms with Crippen LogP contribution in [0.5, 0.6) is 5.75 Å². The molecule has 4 heteroatoms. The highest BCUT2D eigenvalue weighted by Gasteiger charge is 2.03. The highest BCUT2D eigenvalue weighted by Crippen LogP contribution is 2.26. The smallest absolute Gasteiger partial charge is 0.134 e. The first-order valence-corrected chi connectivity index (χ1v) is 6.78. The van der Waals surface area contributed by atoms with Crippen molar-refractivity contribution in [2.75, 3.05) is 7.05 Å². The lowest BCUT2D eigenvalue weighted by atomic mass is 10.2. The van der Waals surface area contributed by atoms with E-state index in [-0.39, 0.29) is 5.82 Å². The summed E-state index contributed by atoms with van der Waals surface area (Å²) in [4.78, 5) is 0. The van der Waals surface area contributed by atoms with Gasteiger partial charge >= 0.3 is 0 Å². The van der Waals surface area contributed by atoms with E-state index in [0.717, 1.165) is 22.3 Å². The Hall–Kier alpha value is -1.39. The minimum Gasteiger partial charge on any atom is -0.488 e. The molecule has 0 atom stereocenters. The molecule has 0 aliphatic heterocycles. The molecule has 1 N–H and O–H groups in total. The monoisotopic (exact) mass is 323 g/mol. The molecule has 0 fully saturated rings. The Morgan fingerprint density at radius 2 is 1.79 bits per heavy atom. The van der Waals surface area contributed by atoms with Crippen LogP contribution in [0.2, 0.25) is 0 Å². The van der Waals surface area contributed by atoms with Gasteiger partial charge in [-0.3, -0.25) is 0 Å². The molecule has 0 aliphatic carbocycles. The lowest BCUT2D eigenvalue weighted by molar-refractivity contribution is 0.304. The second-order valence-electron chi connectivity index (χ2n) is 4.21. The van der Waals surface area contributed by atoms with E-state index in [1.54, 1.807) is 12.1 Å². The van der Waals surface area contributed by atoms with Crippen LogP contribution in [0.4, 0.5) is 4.39 Å². The van der Waals surface area contributed by atoms with E-state index in [1.807, 2.05) is 25.2 Å². The SMILES string of the molecule is CNCc1ccc(OCc2ccc(F)cc2)c(Br)c1. The molecule has 0 aliphatic rings. The topological polar surface area (TPSA) is 21.3 Å². The number of nitrogens with one attached hydrogen (secondary N) is 1. The van der Waals surface area contributed by atoms with Crippen molar-refractivity contribution in [1.29, 1.82) is 0 Å². The summed E-state index contributed by atoms with van der Waals surface area (Å²) in [6, 6.07) is 12.3. The van der Waals surface area contributed by atoms with Crippen LogP contribution in [0.15, 0.2) is 46.9 Å². The second-order valence-corrected chi connectivity index (χ2v) is 5.06. The van der Waals surface area contributed by atoms with Gasteiger partial charge < -0.3 is 10.1 Å². The van der Waals surface area contributed by atoms with Gasteiger partial charge in [-0.2, -0.15) is 0 Å². The first-order chi connectivity index (χ1) is 9.19. The average Bonchev–Trinajstić information content (AvgIpc) is 2.40. The van der Waals surface area contributed by atoms with E-state index in [9.17, 15) is 4.39 Å². The van der Waals surface area contributed by atoms with Gasteiger partial charge in [-0.25, -0.2) is 4.39 Å². The summed E-state index contributed by atoms with van der Waals surface area (Å²) in [5.74, 6) is 0.547. The molecular formula is C15H15BrFNO. The highest BCUT2D eigenvalue weighted by atomic mass is 79.9. The van der Waals surface area contributed by atoms with Crippen LogP contribution in [-0.2, 0) is 13.2 Å². The number of hydrogen-bond donors (Lipinski definition) is 1. The first kappa shape index (κ1) is 14.0. The van der Waals surface area contributed by atoms with E-state index in [4.69, 9.17) is 4.74 Å². The van der Waals surface area contributed by atoms with Crippen molar-refractivity contribution in [3.8, 4) is 5.75 Å². The molecule has 19 heavy (non-hydrogen) atoms. The van der Waals surface area contributed by atoms with E-state index in [0.29, 0.717) is 6.61 Å². The minimum absolute atomic E-state index is 0.235. The van der Waals surface area contributed by atoms with Crippen molar-refractivity contribution in [3.63, 3.8) is 0 Å². The van der Waals surface area contributed by atoms with Gasteiger partial charge in [0.05, 0.1) is 4.47 Å². The Bertz CT molecular complexity index is 542. The Morgan fingerprint density at radius 3 is 2.42 bits per heavy atom. The van der Waals surface area contributed by atoms with Crippen molar-refractivity contribution in [1.82, 2.24) is 5.32 Å². The van der Waals surface area contributed by atoms with Crippen molar-refractivity contribution < 1.29 is 9.13 Å². The maximum absolute atomic E-state index is 12.8. The van der Waals surface area contributed by atoms with E-state index >= 15 is 0 Å². The fourth-order valence-corrected chi connectivity index (χ4v) is 2.26. The third-order valence-electron chi connectivity index (χ3n) is 2.68. The molecular weight excluding hydrogens is 309 g/mol. The van der Waals surface area contributed by atoms with Crippen molar-refractivity contribution in [2.45, 2.75) is 13.2 Å². The van der Waals surface area contributed by atoms with Crippen LogP contribution in [0, 0.1) is 5.82 Å². The predicted molar refractivity (Wildman–Crippen MR) is 77.6 cm³/mol. The molecule has 0 aromatic heterocycles. The summed E-state index contributed by atoms with van der Waals surface area (Å²) in [7, 11) is 1.91. The zero-order valence-corrected chi connectivity index (χ0v) is 12.2. The fraction of sp³-hybridized carbons (Fsp3) is 0.200. The van der Waals surface area contributed by atoms with Gasteiger partial charge in [-0.05, 0) is 58.4 Å². The summed E-state index contributed by atoms with van der Waals surface area (Å²) < 4.78 is 19.4. The van der Waals surface area contributed by atoms with Gasteiger partial charge in [-0.1, -0.05) is 18.2 Å². The van der Waals surface area contributed by atoms with Gasteiger partial charge in [0, 0.05) is 6.54 Å². The lowest BCUT2D eigenvalue weighted by Gasteiger charge is -2.10. The summed E-state index contributed by atoms with van der Waals surface area (Å²) in [6.07, 6.45) is 0. The second kappa shape index (κ2) is 6.68. The Kier molecular flexibility index (Phi) is 4.93. The maximum Gasteiger partial charge on any atom is 0.134 e. The van der Waals surface area contributed by atoms with Crippen LogP contribution >= 0.6 is 15.9 Å². The molecule has 2 nitrogen and oxygen atoms in total. The zero-order valence-electron chi connectivity index (χ0n) is 10.6. The van der Waals surface area contributed by atoms with Gasteiger partial charge in [0.2, 0.25) is 0 Å². The fourth-order valence-electron chi connectivity index (χ4n) is 1.72. The number of benzene rings is 2. The molecule has 0 amide bonds. The number of halogens is 2. The summed E-state index contributed by atoms with van der Waals surface area (Å²) >= 11 is 3.49. The molecule has 2 rings (SSSR count). The summed E-state index contributed by atoms with van der Waals surface area (Å²) in [5.41, 5.74) is 2.12. The molecule has 2 aromatic rings. The van der Waals surface area contributed by atoms with E-state index in [2.05, 4.69) is 21.2 Å². The normalized spacial score (nSPS) is 10.5. The van der Waals surface area contributed by atoms with E-state index < -0.39 is 0 Å². The van der Waals surface area contributed by atoms with Crippen LogP contribution in [0.25, 0.3) is 0 Å². The van der Waals surface area contributed by atoms with Gasteiger partial charge in [-0.15, -0.1) is 0 Å². The molecule has 2 aromatic carbocycles. The molecule has 0 bridgehead atoms. The Balaban J connectivity index is 2.01. The first-order valence-electron chi connectivity index (χ1n) is 5.99. The molecule has 0 spiro atoms. The Labute approximate surface area is 120 Å². The van der Waals surface area contributed by atoms with Crippen molar-refractivity contribution >= 4 is 15.9 Å². The number of hydrogen-bond acceptors (Lipinski definition) is 2. The summed E-state index contributed by atoms with van der Waals surface area (Å²) in [5, 5.41) is 3.10. The van der Waals surface area contributed by atoms with Crippen molar-refractivity contribution in [3.05, 3.63) is 63.9 Å². The van der Waals surface area contributed by atoms with Crippen LogP contribution < -0.4 is 10.1 Å². The maximum atomic E-state index is 12.8. The van der Waals surface area contributed by atoms with Gasteiger partial charge in [0.25, 0.3) is 0 Å². The quantitative estimate of drug-likeness (QED) is 0.901. The highest BCUT2D eigenvalue weighted by molar-refractivity contribution is 9.10. The molecule has 0 heterocycles. The zero-order chi connectivity index (χ0) is 13.7. The van der Waals surface area contributed by atoms with Crippen LogP contribution in [-0.4, -0.2) is 7.05 Å². The van der Waals surface area contributed by atoms with Gasteiger partial charge in [0.1, 0.15) is 18.2 Å². The van der Waals surface area contributed by atoms with Crippen LogP contribution in [0.1, 0.15) is 11.1 Å². The number of ether oxygens (including phenoxy) is 1. The molecule has 100 valence electrons. The molecule has 0 radical (unpaired) electrons. The third-order valence-corrected chi connectivity index (χ3v) is 3.30. The number of rotatable bonds is 5. The Morgan fingerprint density at radius 1 is 1.11 bits per heavy atom. The molecule has 0 unspecified atom stereocenters. The standard InChI is InChI=1S/C15H15BrFNO/c1-18-9-12-4-7-15(14(16)8-12)19-10-11-2-5-13(17)6-3-11/h2-8,18H,9-10H2,1H3. The van der Waals surface area contributed by atoms with E-state index in [1.165, 1.54) is 17.7 Å². The van der Waals surface area contributed by atoms with Gasteiger partial charge in [0.15, 0.2) is 0 Å².